The third-order valence-electron chi connectivity index (χ3n) is 4.66. The van der Waals surface area contributed by atoms with E-state index in [4.69, 9.17) is 23.7 Å². The molecule has 3 aromatic carbocycles. The SMILES string of the molecule is COC(=O)c1cccc(Nc2nc(Oc3ccccc3)nc(Oc3ccc(OC)cc3OC)n2)c1. The molecule has 1 N–H and O–H groups in total. The summed E-state index contributed by atoms with van der Waals surface area (Å²) in [5.41, 5.74) is 0.921. The molecule has 0 aliphatic heterocycles. The molecule has 0 amide bonds. The van der Waals surface area contributed by atoms with E-state index in [1.807, 2.05) is 18.2 Å². The van der Waals surface area contributed by atoms with Crippen LogP contribution in [0.5, 0.6) is 35.0 Å². The van der Waals surface area contributed by atoms with Crippen molar-refractivity contribution in [2.75, 3.05) is 26.6 Å². The number of esters is 1. The first-order chi connectivity index (χ1) is 17.1. The van der Waals surface area contributed by atoms with Gasteiger partial charge in [0, 0.05) is 11.8 Å². The van der Waals surface area contributed by atoms with Gasteiger partial charge >= 0.3 is 18.0 Å². The molecule has 0 saturated heterocycles. The number of carbonyl (C=O) groups is 1. The first kappa shape index (κ1) is 23.3. The van der Waals surface area contributed by atoms with Gasteiger partial charge in [-0.15, -0.1) is 4.98 Å². The van der Waals surface area contributed by atoms with Crippen LogP contribution in [0.2, 0.25) is 0 Å². The number of benzene rings is 3. The third-order valence-corrected chi connectivity index (χ3v) is 4.66. The van der Waals surface area contributed by atoms with E-state index in [1.165, 1.54) is 14.2 Å². The van der Waals surface area contributed by atoms with Gasteiger partial charge in [0.15, 0.2) is 11.5 Å². The van der Waals surface area contributed by atoms with E-state index >= 15 is 0 Å². The molecule has 0 atom stereocenters. The average molecular weight is 474 g/mol. The fourth-order valence-corrected chi connectivity index (χ4v) is 3.01. The van der Waals surface area contributed by atoms with E-state index in [2.05, 4.69) is 20.3 Å². The minimum atomic E-state index is -0.465. The van der Waals surface area contributed by atoms with Gasteiger partial charge in [-0.3, -0.25) is 0 Å². The molecule has 1 aromatic heterocycles. The largest absolute Gasteiger partial charge is 0.497 e. The molecule has 4 rings (SSSR count). The summed E-state index contributed by atoms with van der Waals surface area (Å²) in [6.45, 7) is 0. The van der Waals surface area contributed by atoms with Crippen LogP contribution >= 0.6 is 0 Å². The summed E-state index contributed by atoms with van der Waals surface area (Å²) >= 11 is 0. The Hall–Kier alpha value is -4.86. The average Bonchev–Trinajstić information content (AvgIpc) is 2.89. The highest BCUT2D eigenvalue weighted by Gasteiger charge is 2.15. The number of nitrogens with one attached hydrogen (secondary N) is 1. The van der Waals surface area contributed by atoms with Crippen molar-refractivity contribution in [3.8, 4) is 35.0 Å². The first-order valence-corrected chi connectivity index (χ1v) is 10.4. The molecule has 0 bridgehead atoms. The van der Waals surface area contributed by atoms with E-state index < -0.39 is 5.97 Å². The van der Waals surface area contributed by atoms with Crippen LogP contribution < -0.4 is 24.3 Å². The van der Waals surface area contributed by atoms with Gasteiger partial charge in [0.1, 0.15) is 11.5 Å². The molecule has 0 radical (unpaired) electrons. The number of anilines is 2. The van der Waals surface area contributed by atoms with E-state index in [-0.39, 0.29) is 18.0 Å². The number of aromatic nitrogens is 3. The number of hydrogen-bond acceptors (Lipinski definition) is 10. The van der Waals surface area contributed by atoms with Crippen LogP contribution in [0.25, 0.3) is 0 Å². The number of rotatable bonds is 9. The second-order valence-electron chi connectivity index (χ2n) is 6.96. The van der Waals surface area contributed by atoms with Gasteiger partial charge < -0.3 is 29.0 Å². The topological polar surface area (TPSA) is 114 Å². The first-order valence-electron chi connectivity index (χ1n) is 10.4. The summed E-state index contributed by atoms with van der Waals surface area (Å²) in [4.78, 5) is 24.8. The molecule has 0 unspecified atom stereocenters. The van der Waals surface area contributed by atoms with Crippen LogP contribution in [0, 0.1) is 0 Å². The molecule has 0 aliphatic rings. The van der Waals surface area contributed by atoms with Crippen LogP contribution in [0.3, 0.4) is 0 Å². The normalized spacial score (nSPS) is 10.3. The summed E-state index contributed by atoms with van der Waals surface area (Å²) in [6.07, 6.45) is 0. The monoisotopic (exact) mass is 474 g/mol. The molecule has 4 aromatic rings. The lowest BCUT2D eigenvalue weighted by atomic mass is 10.2. The number of para-hydroxylation sites is 1. The Morgan fingerprint density at radius 3 is 2.20 bits per heavy atom. The highest BCUT2D eigenvalue weighted by atomic mass is 16.5. The van der Waals surface area contributed by atoms with Crippen LogP contribution in [-0.2, 0) is 4.74 Å². The van der Waals surface area contributed by atoms with Crippen molar-refractivity contribution in [1.82, 2.24) is 15.0 Å². The summed E-state index contributed by atoms with van der Waals surface area (Å²) in [6, 6.07) is 20.8. The highest BCUT2D eigenvalue weighted by molar-refractivity contribution is 5.90. The lowest BCUT2D eigenvalue weighted by Gasteiger charge is -2.13. The Morgan fingerprint density at radius 2 is 1.49 bits per heavy atom. The predicted octanol–water partition coefficient (Wildman–Crippen LogP) is 5.00. The van der Waals surface area contributed by atoms with Crippen LogP contribution in [0.4, 0.5) is 11.6 Å². The quantitative estimate of drug-likeness (QED) is 0.332. The maximum atomic E-state index is 11.9. The van der Waals surface area contributed by atoms with Crippen molar-refractivity contribution >= 4 is 17.6 Å². The van der Waals surface area contributed by atoms with Crippen LogP contribution in [0.15, 0.2) is 72.8 Å². The zero-order chi connectivity index (χ0) is 24.6. The van der Waals surface area contributed by atoms with Crippen LogP contribution in [-0.4, -0.2) is 42.3 Å². The number of carbonyl (C=O) groups excluding carboxylic acids is 1. The van der Waals surface area contributed by atoms with Gasteiger partial charge in [-0.1, -0.05) is 24.3 Å². The smallest absolute Gasteiger partial charge is 0.337 e. The predicted molar refractivity (Wildman–Crippen MR) is 127 cm³/mol. The molecule has 0 saturated carbocycles. The third kappa shape index (κ3) is 5.93. The van der Waals surface area contributed by atoms with Crippen molar-refractivity contribution in [3.05, 3.63) is 78.4 Å². The van der Waals surface area contributed by atoms with E-state index in [0.29, 0.717) is 34.2 Å². The lowest BCUT2D eigenvalue weighted by molar-refractivity contribution is 0.0600. The number of hydrogen-bond donors (Lipinski definition) is 1. The number of nitrogens with zero attached hydrogens (tertiary/aromatic N) is 3. The molecule has 0 aliphatic carbocycles. The molecular weight excluding hydrogens is 452 g/mol. The van der Waals surface area contributed by atoms with Gasteiger partial charge in [-0.05, 0) is 42.5 Å². The summed E-state index contributed by atoms with van der Waals surface area (Å²) < 4.78 is 27.1. The molecule has 0 fully saturated rings. The van der Waals surface area contributed by atoms with Gasteiger partial charge in [0.25, 0.3) is 0 Å². The maximum absolute atomic E-state index is 11.9. The van der Waals surface area contributed by atoms with Crippen molar-refractivity contribution in [3.63, 3.8) is 0 Å². The summed E-state index contributed by atoms with van der Waals surface area (Å²) in [5, 5.41) is 3.04. The Labute approximate surface area is 201 Å². The fourth-order valence-electron chi connectivity index (χ4n) is 3.01. The lowest BCUT2D eigenvalue weighted by Crippen LogP contribution is -2.05. The van der Waals surface area contributed by atoms with Crippen molar-refractivity contribution in [1.29, 1.82) is 0 Å². The van der Waals surface area contributed by atoms with Crippen LogP contribution in [0.1, 0.15) is 10.4 Å². The number of ether oxygens (including phenoxy) is 5. The van der Waals surface area contributed by atoms with E-state index in [1.54, 1.807) is 61.7 Å². The van der Waals surface area contributed by atoms with Crippen molar-refractivity contribution < 1.29 is 28.5 Å². The van der Waals surface area contributed by atoms with Crippen molar-refractivity contribution in [2.45, 2.75) is 0 Å². The minimum absolute atomic E-state index is 0.000279. The summed E-state index contributed by atoms with van der Waals surface area (Å²) in [7, 11) is 4.39. The van der Waals surface area contributed by atoms with Gasteiger partial charge in [0.2, 0.25) is 5.95 Å². The number of methoxy groups -OCH3 is 3. The van der Waals surface area contributed by atoms with Gasteiger partial charge in [-0.2, -0.15) is 9.97 Å². The summed E-state index contributed by atoms with van der Waals surface area (Å²) in [5.74, 6) is 1.60. The fraction of sp³-hybridized carbons (Fsp3) is 0.120. The van der Waals surface area contributed by atoms with Gasteiger partial charge in [0.05, 0.1) is 26.9 Å². The molecule has 1 heterocycles. The minimum Gasteiger partial charge on any atom is -0.497 e. The standard InChI is InChI=1S/C25H22N4O6/c1-31-19-12-13-20(21(15-19)32-2)35-25-28-23(26-17-9-7-8-16(14-17)22(30)33-3)27-24(29-25)34-18-10-5-4-6-11-18/h4-15H,1-3H3,(H,26,27,28,29). The highest BCUT2D eigenvalue weighted by Crippen LogP contribution is 2.34. The van der Waals surface area contributed by atoms with E-state index in [9.17, 15) is 4.79 Å². The molecule has 178 valence electrons. The second kappa shape index (κ2) is 10.8. The van der Waals surface area contributed by atoms with E-state index in [0.717, 1.165) is 0 Å². The molecule has 10 heteroatoms. The van der Waals surface area contributed by atoms with Crippen molar-refractivity contribution in [2.24, 2.45) is 0 Å². The molecular formula is C25H22N4O6. The molecule has 10 nitrogen and oxygen atoms in total. The maximum Gasteiger partial charge on any atom is 0.337 e. The Balaban J connectivity index is 1.68. The Kier molecular flexibility index (Phi) is 7.22. The Morgan fingerprint density at radius 1 is 0.714 bits per heavy atom. The zero-order valence-corrected chi connectivity index (χ0v) is 19.2. The molecule has 0 spiro atoms. The molecule has 35 heavy (non-hydrogen) atoms. The Bertz CT molecular complexity index is 1320. The second-order valence-corrected chi connectivity index (χ2v) is 6.96. The zero-order valence-electron chi connectivity index (χ0n) is 19.2. The van der Waals surface area contributed by atoms with Gasteiger partial charge in [-0.25, -0.2) is 4.79 Å².